The number of carbonyl (C=O) groups is 1. The number of carbonyl (C=O) groups excluding carboxylic acids is 1. The Balaban J connectivity index is 2.31. The van der Waals surface area contributed by atoms with E-state index in [0.29, 0.717) is 49.1 Å². The van der Waals surface area contributed by atoms with E-state index in [-0.39, 0.29) is 35.4 Å². The van der Waals surface area contributed by atoms with Crippen LogP contribution in [0.5, 0.6) is 5.75 Å². The van der Waals surface area contributed by atoms with Gasteiger partial charge in [0.05, 0.1) is 44.7 Å². The highest BCUT2D eigenvalue weighted by Crippen LogP contribution is 2.43. The van der Waals surface area contributed by atoms with Crippen LogP contribution in [0.1, 0.15) is 108 Å². The van der Waals surface area contributed by atoms with Crippen molar-refractivity contribution >= 4 is 22.9 Å². The summed E-state index contributed by atoms with van der Waals surface area (Å²) in [6.45, 7) is 32.0. The molecule has 1 heterocycles. The van der Waals surface area contributed by atoms with Crippen LogP contribution in [0.25, 0.3) is 0 Å². The van der Waals surface area contributed by atoms with Gasteiger partial charge < -0.3 is 32.6 Å². The molecule has 1 aromatic rings. The quantitative estimate of drug-likeness (QED) is 0.113. The molecule has 7 nitrogen and oxygen atoms in total. The SMILES string of the molecule is COc1ccc(CO[C@H](CO[Si](C(C)C)(C(C)C)C(C)C)C[C@@H]2C[C@H](C[C@@H](O[Si](C)(C)C(C)(C)C)[C@H](C)C=O)OC(C)(C)O2)cc1. The Morgan fingerprint density at radius 3 is 1.89 bits per heavy atom. The molecule has 266 valence electrons. The van der Waals surface area contributed by atoms with Crippen molar-refractivity contribution in [3.8, 4) is 5.75 Å². The minimum atomic E-state index is -2.10. The number of benzene rings is 1. The lowest BCUT2D eigenvalue weighted by Crippen LogP contribution is -2.51. The molecular weight excluding hydrogens is 613 g/mol. The topological polar surface area (TPSA) is 72.5 Å². The fraction of sp³-hybridized carbons (Fsp3) is 0.811. The molecule has 2 rings (SSSR count). The van der Waals surface area contributed by atoms with Crippen molar-refractivity contribution in [2.75, 3.05) is 13.7 Å². The molecule has 0 radical (unpaired) electrons. The highest BCUT2D eigenvalue weighted by molar-refractivity contribution is 6.77. The lowest BCUT2D eigenvalue weighted by molar-refractivity contribution is -0.306. The monoisotopic (exact) mass is 680 g/mol. The number of hydrogen-bond donors (Lipinski definition) is 0. The van der Waals surface area contributed by atoms with Crippen LogP contribution >= 0.6 is 0 Å². The summed E-state index contributed by atoms with van der Waals surface area (Å²) in [6.07, 6.45) is 2.50. The van der Waals surface area contributed by atoms with E-state index in [1.807, 2.05) is 45.0 Å². The Morgan fingerprint density at radius 2 is 1.43 bits per heavy atom. The molecule has 9 heteroatoms. The first-order chi connectivity index (χ1) is 21.2. The second kappa shape index (κ2) is 17.0. The van der Waals surface area contributed by atoms with Gasteiger partial charge in [-0.05, 0) is 72.7 Å². The average molecular weight is 681 g/mol. The van der Waals surface area contributed by atoms with Crippen LogP contribution in [0.2, 0.25) is 34.8 Å². The van der Waals surface area contributed by atoms with Gasteiger partial charge in [-0.15, -0.1) is 0 Å². The molecule has 0 N–H and O–H groups in total. The largest absolute Gasteiger partial charge is 0.497 e. The molecule has 0 aromatic heterocycles. The third-order valence-electron chi connectivity index (χ3n) is 10.4. The van der Waals surface area contributed by atoms with E-state index in [1.54, 1.807) is 7.11 Å². The van der Waals surface area contributed by atoms with Crippen molar-refractivity contribution in [1.29, 1.82) is 0 Å². The Labute approximate surface area is 284 Å². The van der Waals surface area contributed by atoms with E-state index in [9.17, 15) is 4.79 Å². The maximum atomic E-state index is 12.0. The molecule has 0 spiro atoms. The van der Waals surface area contributed by atoms with Gasteiger partial charge >= 0.3 is 0 Å². The van der Waals surface area contributed by atoms with Crippen LogP contribution < -0.4 is 4.74 Å². The van der Waals surface area contributed by atoms with Crippen molar-refractivity contribution in [3.63, 3.8) is 0 Å². The molecule has 1 aliphatic heterocycles. The zero-order valence-corrected chi connectivity index (χ0v) is 33.9. The summed E-state index contributed by atoms with van der Waals surface area (Å²) in [5, 5.41) is 0.0428. The zero-order chi connectivity index (χ0) is 35.1. The Kier molecular flexibility index (Phi) is 15.2. The van der Waals surface area contributed by atoms with E-state index in [1.165, 1.54) is 0 Å². The summed E-state index contributed by atoms with van der Waals surface area (Å²) >= 11 is 0. The maximum Gasteiger partial charge on any atom is 0.200 e. The van der Waals surface area contributed by atoms with Gasteiger partial charge in [0.25, 0.3) is 0 Å². The fourth-order valence-corrected chi connectivity index (χ4v) is 13.8. The first kappa shape index (κ1) is 41.1. The van der Waals surface area contributed by atoms with Crippen molar-refractivity contribution in [2.24, 2.45) is 5.92 Å². The van der Waals surface area contributed by atoms with Crippen LogP contribution in [0.15, 0.2) is 24.3 Å². The van der Waals surface area contributed by atoms with Gasteiger partial charge in [-0.1, -0.05) is 81.4 Å². The molecule has 0 unspecified atom stereocenters. The fourth-order valence-electron chi connectivity index (χ4n) is 6.93. The molecule has 0 amide bonds. The third kappa shape index (κ3) is 11.2. The van der Waals surface area contributed by atoms with E-state index in [4.69, 9.17) is 27.8 Å². The van der Waals surface area contributed by atoms with Crippen LogP contribution in [-0.4, -0.2) is 66.8 Å². The summed E-state index contributed by atoms with van der Waals surface area (Å²) in [7, 11) is -2.53. The highest BCUT2D eigenvalue weighted by Gasteiger charge is 2.46. The molecule has 0 aliphatic carbocycles. The van der Waals surface area contributed by atoms with Crippen LogP contribution in [-0.2, 0) is 34.5 Å². The number of hydrogen-bond acceptors (Lipinski definition) is 7. The van der Waals surface area contributed by atoms with Crippen LogP contribution in [0.4, 0.5) is 0 Å². The van der Waals surface area contributed by atoms with Crippen molar-refractivity contribution < 1.29 is 32.6 Å². The highest BCUT2D eigenvalue weighted by atomic mass is 28.4. The van der Waals surface area contributed by atoms with Crippen molar-refractivity contribution in [2.45, 2.75) is 174 Å². The molecular formula is C37H68O7Si2. The van der Waals surface area contributed by atoms with Gasteiger partial charge in [0.1, 0.15) is 12.0 Å². The van der Waals surface area contributed by atoms with Crippen molar-refractivity contribution in [1.82, 2.24) is 0 Å². The van der Waals surface area contributed by atoms with Gasteiger partial charge in [0, 0.05) is 18.8 Å². The summed E-state index contributed by atoms with van der Waals surface area (Å²) in [6, 6.07) is 8.03. The lowest BCUT2D eigenvalue weighted by Gasteiger charge is -2.45. The molecule has 46 heavy (non-hydrogen) atoms. The predicted molar refractivity (Wildman–Crippen MR) is 194 cm³/mol. The van der Waals surface area contributed by atoms with Crippen LogP contribution in [0, 0.1) is 5.92 Å². The Bertz CT molecular complexity index is 1030. The molecule has 1 saturated heterocycles. The lowest BCUT2D eigenvalue weighted by atomic mass is 9.94. The van der Waals surface area contributed by atoms with Crippen LogP contribution in [0.3, 0.4) is 0 Å². The van der Waals surface area contributed by atoms with E-state index < -0.39 is 22.4 Å². The van der Waals surface area contributed by atoms with Gasteiger partial charge in [0.15, 0.2) is 22.4 Å². The van der Waals surface area contributed by atoms with Gasteiger partial charge in [-0.2, -0.15) is 0 Å². The summed E-state index contributed by atoms with van der Waals surface area (Å²) in [5.41, 5.74) is 2.53. The molecule has 0 saturated carbocycles. The normalized spacial score (nSPS) is 21.4. The number of rotatable bonds is 18. The third-order valence-corrected chi connectivity index (χ3v) is 21.0. The standard InChI is InChI=1S/C37H68O7Si2/c1-26(2)46(27(3)4,28(5)6)41-25-34(40-24-30-16-18-31(39-13)19-17-30)21-32-20-33(43-37(11,12)42-32)22-35(29(7)23-38)44-45(14,15)36(8,9)10/h16-19,23,26-29,32-35H,20-22,24-25H2,1-15H3/t29-,32+,33-,34+,35-/m1/s1. The summed E-state index contributed by atoms with van der Waals surface area (Å²) < 4.78 is 38.9. The Morgan fingerprint density at radius 1 is 0.913 bits per heavy atom. The first-order valence-corrected chi connectivity index (χ1v) is 22.6. The molecule has 1 aromatic carbocycles. The number of ether oxygens (including phenoxy) is 4. The summed E-state index contributed by atoms with van der Waals surface area (Å²) in [5.74, 6) is -0.168. The Hall–Kier alpha value is -1.08. The molecule has 5 atom stereocenters. The minimum absolute atomic E-state index is 0.0428. The zero-order valence-electron chi connectivity index (χ0n) is 31.9. The molecule has 1 aliphatic rings. The predicted octanol–water partition coefficient (Wildman–Crippen LogP) is 9.69. The minimum Gasteiger partial charge on any atom is -0.497 e. The van der Waals surface area contributed by atoms with E-state index >= 15 is 0 Å². The number of methoxy groups -OCH3 is 1. The maximum absolute atomic E-state index is 12.0. The smallest absolute Gasteiger partial charge is 0.200 e. The molecule has 1 fully saturated rings. The second-order valence-electron chi connectivity index (χ2n) is 16.4. The number of aldehydes is 1. The average Bonchev–Trinajstić information content (AvgIpc) is 2.93. The van der Waals surface area contributed by atoms with Gasteiger partial charge in [-0.25, -0.2) is 0 Å². The summed E-state index contributed by atoms with van der Waals surface area (Å²) in [4.78, 5) is 12.0. The van der Waals surface area contributed by atoms with E-state index in [2.05, 4.69) is 75.4 Å². The van der Waals surface area contributed by atoms with Crippen molar-refractivity contribution in [3.05, 3.63) is 29.8 Å². The molecule has 0 bridgehead atoms. The van der Waals surface area contributed by atoms with E-state index in [0.717, 1.165) is 17.6 Å². The van der Waals surface area contributed by atoms with Gasteiger partial charge in [0.2, 0.25) is 0 Å². The second-order valence-corrected chi connectivity index (χ2v) is 26.6. The van der Waals surface area contributed by atoms with Gasteiger partial charge in [-0.3, -0.25) is 0 Å². The first-order valence-electron chi connectivity index (χ1n) is 17.5.